The van der Waals surface area contributed by atoms with Gasteiger partial charge in [-0.15, -0.1) is 5.92 Å². The van der Waals surface area contributed by atoms with Crippen LogP contribution in [0.1, 0.15) is 33.1 Å². The molecule has 0 N–H and O–H groups in total. The van der Waals surface area contributed by atoms with Gasteiger partial charge in [-0.3, -0.25) is 0 Å². The average molecular weight is 304 g/mol. The molecule has 0 spiro atoms. The van der Waals surface area contributed by atoms with Gasteiger partial charge >= 0.3 is 0 Å². The summed E-state index contributed by atoms with van der Waals surface area (Å²) >= 11 is 0. The van der Waals surface area contributed by atoms with Gasteiger partial charge in [-0.2, -0.15) is 10.2 Å². The number of sulfone groups is 1. The summed E-state index contributed by atoms with van der Waals surface area (Å²) in [5.74, 6) is 6.08. The minimum absolute atomic E-state index is 0.177. The molecule has 1 aromatic rings. The van der Waals surface area contributed by atoms with E-state index in [-0.39, 0.29) is 6.54 Å². The number of azo groups is 1. The fourth-order valence-electron chi connectivity index (χ4n) is 2.29. The van der Waals surface area contributed by atoms with E-state index in [2.05, 4.69) is 29.0 Å². The minimum Gasteiger partial charge on any atom is -0.223 e. The van der Waals surface area contributed by atoms with Gasteiger partial charge in [-0.1, -0.05) is 37.5 Å². The molecule has 0 aliphatic carbocycles. The quantitative estimate of drug-likeness (QED) is 0.633. The Bertz CT molecular complexity index is 671. The molecule has 0 saturated heterocycles. The first kappa shape index (κ1) is 15.7. The monoisotopic (exact) mass is 304 g/mol. The highest BCUT2D eigenvalue weighted by Crippen LogP contribution is 2.31. The molecule has 1 aromatic carbocycles. The van der Waals surface area contributed by atoms with Crippen LogP contribution < -0.4 is 0 Å². The molecule has 1 heterocycles. The highest BCUT2D eigenvalue weighted by molar-refractivity contribution is 7.92. The van der Waals surface area contributed by atoms with E-state index in [0.717, 1.165) is 19.3 Å². The first-order chi connectivity index (χ1) is 10.0. The summed E-state index contributed by atoms with van der Waals surface area (Å²) in [6.07, 6.45) is 2.84. The van der Waals surface area contributed by atoms with Crippen LogP contribution in [0.4, 0.5) is 0 Å². The molecule has 0 bridgehead atoms. The molecule has 0 aromatic heterocycles. The van der Waals surface area contributed by atoms with E-state index in [1.54, 1.807) is 37.3 Å². The number of benzene rings is 1. The molecule has 0 fully saturated rings. The zero-order valence-corrected chi connectivity index (χ0v) is 13.2. The second-order valence-electron chi connectivity index (χ2n) is 5.32. The largest absolute Gasteiger partial charge is 0.223 e. The summed E-state index contributed by atoms with van der Waals surface area (Å²) < 4.78 is 25.5. The van der Waals surface area contributed by atoms with E-state index >= 15 is 0 Å². The van der Waals surface area contributed by atoms with Crippen molar-refractivity contribution in [3.63, 3.8) is 0 Å². The zero-order valence-electron chi connectivity index (χ0n) is 12.4. The van der Waals surface area contributed by atoms with E-state index in [0.29, 0.717) is 4.90 Å². The lowest BCUT2D eigenvalue weighted by molar-refractivity contribution is 0.547. The number of hydrogen-bond donors (Lipinski definition) is 0. The van der Waals surface area contributed by atoms with Crippen LogP contribution in [0.5, 0.6) is 0 Å². The predicted molar refractivity (Wildman–Crippen MR) is 82.8 cm³/mol. The summed E-state index contributed by atoms with van der Waals surface area (Å²) in [7, 11) is -3.48. The van der Waals surface area contributed by atoms with Crippen LogP contribution >= 0.6 is 0 Å². The van der Waals surface area contributed by atoms with Gasteiger partial charge in [0.1, 0.15) is 5.25 Å². The molecule has 1 aliphatic rings. The van der Waals surface area contributed by atoms with E-state index < -0.39 is 20.6 Å². The lowest BCUT2D eigenvalue weighted by Crippen LogP contribution is -2.40. The van der Waals surface area contributed by atoms with Crippen LogP contribution in [0.3, 0.4) is 0 Å². The normalized spacial score (nSPS) is 24.6. The van der Waals surface area contributed by atoms with Crippen molar-refractivity contribution in [2.45, 2.75) is 48.8 Å². The van der Waals surface area contributed by atoms with Crippen molar-refractivity contribution in [3.8, 4) is 11.8 Å². The maximum absolute atomic E-state index is 12.8. The Hall–Kier alpha value is -1.67. The Morgan fingerprint density at radius 1 is 1.33 bits per heavy atom. The third-order valence-electron chi connectivity index (χ3n) is 3.60. The molecule has 0 unspecified atom stereocenters. The Kier molecular flexibility index (Phi) is 4.79. The van der Waals surface area contributed by atoms with Gasteiger partial charge in [0.25, 0.3) is 0 Å². The van der Waals surface area contributed by atoms with Gasteiger partial charge in [-0.25, -0.2) is 8.42 Å². The van der Waals surface area contributed by atoms with Crippen molar-refractivity contribution in [2.75, 3.05) is 6.54 Å². The molecule has 0 radical (unpaired) electrons. The maximum Gasteiger partial charge on any atom is 0.186 e. The van der Waals surface area contributed by atoms with Crippen molar-refractivity contribution in [2.24, 2.45) is 10.2 Å². The van der Waals surface area contributed by atoms with Crippen molar-refractivity contribution in [3.05, 3.63) is 30.3 Å². The average Bonchev–Trinajstić information content (AvgIpc) is 2.88. The molecular weight excluding hydrogens is 284 g/mol. The second kappa shape index (κ2) is 6.40. The highest BCUT2D eigenvalue weighted by atomic mass is 32.2. The van der Waals surface area contributed by atoms with Gasteiger partial charge in [0.2, 0.25) is 0 Å². The number of hydrogen-bond acceptors (Lipinski definition) is 4. The predicted octanol–water partition coefficient (Wildman–Crippen LogP) is 3.25. The minimum atomic E-state index is -3.48. The standard InChI is InChI=1S/C16H20N2O2S/c1-3-4-5-9-12-16(2)15(13-17-18-16)21(19,20)14-10-7-6-8-11-14/h6-8,10-11,15H,3-5,13H2,1-2H3/t15-,16+/m1/s1. The van der Waals surface area contributed by atoms with Crippen LogP contribution in [0.25, 0.3) is 0 Å². The molecule has 2 rings (SSSR count). The van der Waals surface area contributed by atoms with Crippen molar-refractivity contribution < 1.29 is 8.42 Å². The molecule has 0 saturated carbocycles. The molecule has 112 valence electrons. The van der Waals surface area contributed by atoms with Gasteiger partial charge in [0, 0.05) is 6.42 Å². The number of nitrogens with zero attached hydrogens (tertiary/aromatic N) is 2. The first-order valence-electron chi connectivity index (χ1n) is 7.18. The lowest BCUT2D eigenvalue weighted by Gasteiger charge is -2.22. The van der Waals surface area contributed by atoms with Gasteiger partial charge in [-0.05, 0) is 25.5 Å². The SMILES string of the molecule is CCCCC#C[C@]1(C)N=NC[C@H]1S(=O)(=O)c1ccccc1. The molecular formula is C16H20N2O2S. The summed E-state index contributed by atoms with van der Waals surface area (Å²) in [5, 5.41) is 7.36. The fourth-order valence-corrected chi connectivity index (χ4v) is 4.13. The summed E-state index contributed by atoms with van der Waals surface area (Å²) in [6, 6.07) is 8.46. The Morgan fingerprint density at radius 2 is 2.05 bits per heavy atom. The summed E-state index contributed by atoms with van der Waals surface area (Å²) in [5.41, 5.74) is -0.942. The van der Waals surface area contributed by atoms with Crippen molar-refractivity contribution in [1.82, 2.24) is 0 Å². The summed E-state index contributed by atoms with van der Waals surface area (Å²) in [4.78, 5) is 0.309. The van der Waals surface area contributed by atoms with Crippen LogP contribution in [0, 0.1) is 11.8 Å². The van der Waals surface area contributed by atoms with E-state index in [1.807, 2.05) is 0 Å². The topological polar surface area (TPSA) is 58.9 Å². The van der Waals surface area contributed by atoms with E-state index in [9.17, 15) is 8.42 Å². The van der Waals surface area contributed by atoms with Crippen LogP contribution in [0.15, 0.2) is 45.5 Å². The zero-order chi connectivity index (χ0) is 15.3. The molecule has 21 heavy (non-hydrogen) atoms. The first-order valence-corrected chi connectivity index (χ1v) is 8.73. The number of unbranched alkanes of at least 4 members (excludes halogenated alkanes) is 2. The third kappa shape index (κ3) is 3.33. The third-order valence-corrected chi connectivity index (χ3v) is 5.88. The number of rotatable bonds is 4. The Morgan fingerprint density at radius 3 is 2.71 bits per heavy atom. The van der Waals surface area contributed by atoms with Crippen LogP contribution in [-0.4, -0.2) is 25.8 Å². The van der Waals surface area contributed by atoms with Gasteiger partial charge < -0.3 is 0 Å². The van der Waals surface area contributed by atoms with Gasteiger partial charge in [0.15, 0.2) is 15.4 Å². The molecule has 4 nitrogen and oxygen atoms in total. The van der Waals surface area contributed by atoms with E-state index in [1.165, 1.54) is 0 Å². The van der Waals surface area contributed by atoms with Crippen LogP contribution in [-0.2, 0) is 9.84 Å². The van der Waals surface area contributed by atoms with Gasteiger partial charge in [0.05, 0.1) is 11.4 Å². The fraction of sp³-hybridized carbons (Fsp3) is 0.500. The van der Waals surface area contributed by atoms with Crippen molar-refractivity contribution in [1.29, 1.82) is 0 Å². The maximum atomic E-state index is 12.8. The molecule has 5 heteroatoms. The van der Waals surface area contributed by atoms with Crippen LogP contribution in [0.2, 0.25) is 0 Å². The Labute approximate surface area is 126 Å². The smallest absolute Gasteiger partial charge is 0.186 e. The lowest BCUT2D eigenvalue weighted by atomic mass is 10.0. The molecule has 0 amide bonds. The Balaban J connectivity index is 2.28. The van der Waals surface area contributed by atoms with Crippen molar-refractivity contribution >= 4 is 9.84 Å². The molecule has 1 aliphatic heterocycles. The second-order valence-corrected chi connectivity index (χ2v) is 7.45. The summed E-state index contributed by atoms with van der Waals surface area (Å²) in [6.45, 7) is 4.03. The van der Waals surface area contributed by atoms with E-state index in [4.69, 9.17) is 0 Å². The highest BCUT2D eigenvalue weighted by Gasteiger charge is 2.46. The molecule has 2 atom stereocenters.